The quantitative estimate of drug-likeness (QED) is 0.821. The van der Waals surface area contributed by atoms with E-state index in [0.717, 1.165) is 25.9 Å². The van der Waals surface area contributed by atoms with Crippen molar-refractivity contribution in [2.75, 3.05) is 28.6 Å². The van der Waals surface area contributed by atoms with Crippen molar-refractivity contribution in [2.24, 2.45) is 0 Å². The Labute approximate surface area is 129 Å². The normalized spacial score (nSPS) is 14.1. The number of anilines is 3. The molecule has 116 valence electrons. The number of carbonyl (C=O) groups excluding carboxylic acids is 2. The Balaban J connectivity index is 2.28. The minimum atomic E-state index is -0.622. The summed E-state index contributed by atoms with van der Waals surface area (Å²) in [6.07, 6.45) is 8.76. The van der Waals surface area contributed by atoms with E-state index >= 15 is 0 Å². The van der Waals surface area contributed by atoms with E-state index in [1.165, 1.54) is 6.42 Å². The summed E-state index contributed by atoms with van der Waals surface area (Å²) in [5.74, 6) is 2.30. The Morgan fingerprint density at radius 3 is 2.64 bits per heavy atom. The fraction of sp³-hybridized carbons (Fsp3) is 0.467. The van der Waals surface area contributed by atoms with Gasteiger partial charge in [0.25, 0.3) is 0 Å². The van der Waals surface area contributed by atoms with E-state index in [9.17, 15) is 9.59 Å². The summed E-state index contributed by atoms with van der Waals surface area (Å²) in [5, 5.41) is 5.11. The second-order valence-corrected chi connectivity index (χ2v) is 4.98. The van der Waals surface area contributed by atoms with E-state index in [4.69, 9.17) is 6.42 Å². The lowest BCUT2D eigenvalue weighted by Crippen LogP contribution is -2.30. The average molecular weight is 301 g/mol. The van der Waals surface area contributed by atoms with Crippen molar-refractivity contribution in [3.8, 4) is 12.3 Å². The van der Waals surface area contributed by atoms with E-state index < -0.39 is 5.91 Å². The smallest absolute Gasteiger partial charge is 0.302 e. The molecule has 0 aromatic carbocycles. The zero-order valence-electron chi connectivity index (χ0n) is 12.6. The van der Waals surface area contributed by atoms with Gasteiger partial charge in [-0.05, 0) is 25.2 Å². The summed E-state index contributed by atoms with van der Waals surface area (Å²) in [4.78, 5) is 33.4. The van der Waals surface area contributed by atoms with Crippen molar-refractivity contribution in [2.45, 2.75) is 32.6 Å². The molecule has 0 radical (unpaired) electrons. The first kappa shape index (κ1) is 15.8. The third-order valence-electron chi connectivity index (χ3n) is 3.34. The molecule has 0 saturated carbocycles. The molecule has 7 nitrogen and oxygen atoms in total. The Morgan fingerprint density at radius 2 is 2.00 bits per heavy atom. The van der Waals surface area contributed by atoms with Crippen LogP contribution in [0.1, 0.15) is 32.6 Å². The van der Waals surface area contributed by atoms with Crippen molar-refractivity contribution in [1.82, 2.24) is 9.97 Å². The number of hydrogen-bond acceptors (Lipinski definition) is 5. The van der Waals surface area contributed by atoms with Gasteiger partial charge < -0.3 is 10.2 Å². The van der Waals surface area contributed by atoms with Gasteiger partial charge in [0.1, 0.15) is 11.6 Å². The van der Waals surface area contributed by atoms with Crippen LogP contribution in [0, 0.1) is 12.3 Å². The number of rotatable bonds is 4. The molecule has 1 aromatic rings. The minimum Gasteiger partial charge on any atom is -0.356 e. The number of terminal acetylenes is 1. The molecule has 2 N–H and O–H groups in total. The molecule has 1 saturated heterocycles. The fourth-order valence-electron chi connectivity index (χ4n) is 2.21. The molecule has 0 unspecified atom stereocenters. The van der Waals surface area contributed by atoms with Crippen LogP contribution in [0.4, 0.5) is 17.6 Å². The highest BCUT2D eigenvalue weighted by molar-refractivity contribution is 6.02. The molecule has 1 aliphatic heterocycles. The maximum absolute atomic E-state index is 11.6. The lowest BCUT2D eigenvalue weighted by molar-refractivity contribution is -0.116. The van der Waals surface area contributed by atoms with Crippen LogP contribution in [-0.2, 0) is 9.59 Å². The van der Waals surface area contributed by atoms with E-state index in [-0.39, 0.29) is 11.9 Å². The van der Waals surface area contributed by atoms with Crippen LogP contribution in [0.5, 0.6) is 0 Å². The number of aromatic nitrogens is 2. The average Bonchev–Trinajstić information content (AvgIpc) is 2.55. The molecular formula is C15H19N5O2. The van der Waals surface area contributed by atoms with Gasteiger partial charge in [0.05, 0.1) is 0 Å². The standard InChI is InChI=1S/C15H19N5O2/c1-3-13(21)16-11-10-12(20-8-6-5-7-9-20)18-15(17-11)19-14(22)4-2/h2,10H,3,5-9H2,1H3,(H2,16,17,18,19,21,22). The van der Waals surface area contributed by atoms with Crippen LogP contribution in [0.2, 0.25) is 0 Å². The summed E-state index contributed by atoms with van der Waals surface area (Å²) in [6, 6.07) is 1.71. The summed E-state index contributed by atoms with van der Waals surface area (Å²) in [7, 11) is 0. The van der Waals surface area contributed by atoms with Crippen LogP contribution in [0.3, 0.4) is 0 Å². The number of amides is 2. The first-order chi connectivity index (χ1) is 10.6. The molecular weight excluding hydrogens is 282 g/mol. The number of piperidine rings is 1. The van der Waals surface area contributed by atoms with Gasteiger partial charge in [-0.1, -0.05) is 6.92 Å². The number of nitrogens with one attached hydrogen (secondary N) is 2. The molecule has 1 aromatic heterocycles. The summed E-state index contributed by atoms with van der Waals surface area (Å²) < 4.78 is 0. The number of nitrogens with zero attached hydrogens (tertiary/aromatic N) is 3. The van der Waals surface area contributed by atoms with Gasteiger partial charge >= 0.3 is 5.91 Å². The largest absolute Gasteiger partial charge is 0.356 e. The highest BCUT2D eigenvalue weighted by Crippen LogP contribution is 2.22. The fourth-order valence-corrected chi connectivity index (χ4v) is 2.21. The first-order valence-corrected chi connectivity index (χ1v) is 7.34. The van der Waals surface area contributed by atoms with Crippen molar-refractivity contribution >= 4 is 29.4 Å². The molecule has 1 aliphatic rings. The highest BCUT2D eigenvalue weighted by Gasteiger charge is 2.16. The molecule has 1 fully saturated rings. The summed E-state index contributed by atoms with van der Waals surface area (Å²) in [6.45, 7) is 3.53. The van der Waals surface area contributed by atoms with E-state index in [1.54, 1.807) is 13.0 Å². The van der Waals surface area contributed by atoms with Gasteiger partial charge in [-0.3, -0.25) is 14.9 Å². The van der Waals surface area contributed by atoms with Crippen LogP contribution >= 0.6 is 0 Å². The van der Waals surface area contributed by atoms with Crippen molar-refractivity contribution in [1.29, 1.82) is 0 Å². The third-order valence-corrected chi connectivity index (χ3v) is 3.34. The molecule has 2 heterocycles. The predicted molar refractivity (Wildman–Crippen MR) is 84.5 cm³/mol. The van der Waals surface area contributed by atoms with Crippen LogP contribution in [-0.4, -0.2) is 34.9 Å². The molecule has 0 atom stereocenters. The van der Waals surface area contributed by atoms with Crippen LogP contribution in [0.15, 0.2) is 6.07 Å². The molecule has 22 heavy (non-hydrogen) atoms. The van der Waals surface area contributed by atoms with Gasteiger partial charge in [0.15, 0.2) is 0 Å². The predicted octanol–water partition coefficient (Wildman–Crippen LogP) is 1.39. The second kappa shape index (κ2) is 7.41. The maximum atomic E-state index is 11.6. The zero-order chi connectivity index (χ0) is 15.9. The summed E-state index contributed by atoms with van der Waals surface area (Å²) >= 11 is 0. The molecule has 2 rings (SSSR count). The second-order valence-electron chi connectivity index (χ2n) is 4.98. The van der Waals surface area contributed by atoms with E-state index in [1.807, 2.05) is 5.92 Å². The van der Waals surface area contributed by atoms with Crippen LogP contribution < -0.4 is 15.5 Å². The number of hydrogen-bond donors (Lipinski definition) is 2. The van der Waals surface area contributed by atoms with Gasteiger partial charge in [-0.2, -0.15) is 9.97 Å². The van der Waals surface area contributed by atoms with Crippen molar-refractivity contribution in [3.05, 3.63) is 6.07 Å². The SMILES string of the molecule is C#CC(=O)Nc1nc(NC(=O)CC)cc(N2CCCCC2)n1. The Morgan fingerprint density at radius 1 is 1.27 bits per heavy atom. The van der Waals surface area contributed by atoms with Gasteiger partial charge in [-0.25, -0.2) is 0 Å². The first-order valence-electron chi connectivity index (χ1n) is 7.34. The van der Waals surface area contributed by atoms with Gasteiger partial charge in [-0.15, -0.1) is 6.42 Å². The minimum absolute atomic E-state index is 0.0948. The van der Waals surface area contributed by atoms with Crippen LogP contribution in [0.25, 0.3) is 0 Å². The Kier molecular flexibility index (Phi) is 5.31. The molecule has 2 amide bonds. The Bertz CT molecular complexity index is 602. The molecule has 7 heteroatoms. The topological polar surface area (TPSA) is 87.2 Å². The molecule has 0 spiro atoms. The van der Waals surface area contributed by atoms with Gasteiger partial charge in [0.2, 0.25) is 11.9 Å². The zero-order valence-corrected chi connectivity index (χ0v) is 12.6. The van der Waals surface area contributed by atoms with Crippen molar-refractivity contribution < 1.29 is 9.59 Å². The lowest BCUT2D eigenvalue weighted by Gasteiger charge is -2.28. The molecule has 0 aliphatic carbocycles. The maximum Gasteiger partial charge on any atom is 0.302 e. The van der Waals surface area contributed by atoms with Crippen molar-refractivity contribution in [3.63, 3.8) is 0 Å². The van der Waals surface area contributed by atoms with Gasteiger partial charge in [0, 0.05) is 25.6 Å². The highest BCUT2D eigenvalue weighted by atomic mass is 16.2. The third kappa shape index (κ3) is 4.19. The Hall–Kier alpha value is -2.62. The summed E-state index contributed by atoms with van der Waals surface area (Å²) in [5.41, 5.74) is 0. The monoisotopic (exact) mass is 301 g/mol. The molecule has 0 bridgehead atoms. The number of carbonyl (C=O) groups is 2. The van der Waals surface area contributed by atoms with E-state index in [0.29, 0.717) is 18.1 Å². The van der Waals surface area contributed by atoms with E-state index in [2.05, 4.69) is 25.5 Å². The lowest BCUT2D eigenvalue weighted by atomic mass is 10.1.